The van der Waals surface area contributed by atoms with Gasteiger partial charge in [0.25, 0.3) is 0 Å². The average Bonchev–Trinajstić information content (AvgIpc) is 3.22. The number of para-hydroxylation sites is 2. The molecule has 0 aliphatic rings. The molecule has 0 aliphatic heterocycles. The van der Waals surface area contributed by atoms with Crippen molar-refractivity contribution in [2.75, 3.05) is 13.2 Å². The summed E-state index contributed by atoms with van der Waals surface area (Å²) in [7, 11) is 0. The van der Waals surface area contributed by atoms with Crippen LogP contribution in [0.25, 0.3) is 0 Å². The SMILES string of the molecule is C#COc1ccc(C(=O)Oc2ccc(Sc3ccc(OOCc4ccc(OCCOc5ccccc5)cc4C(=O)O)cc3)cc2)c(C(=O)O)c1.Oc1ccccc1. The van der Waals surface area contributed by atoms with Gasteiger partial charge >= 0.3 is 17.9 Å². The lowest BCUT2D eigenvalue weighted by molar-refractivity contribution is -0.217. The molecule has 288 valence electrons. The maximum absolute atomic E-state index is 12.7. The number of ether oxygens (including phenoxy) is 4. The fourth-order valence-corrected chi connectivity index (χ4v) is 5.66. The van der Waals surface area contributed by atoms with Gasteiger partial charge in [0.1, 0.15) is 54.7 Å². The fraction of sp³-hybridized carbons (Fsp3) is 0.0682. The molecule has 0 fully saturated rings. The number of benzene rings is 6. The van der Waals surface area contributed by atoms with Crippen LogP contribution in [-0.2, 0) is 11.5 Å². The second-order valence-corrected chi connectivity index (χ2v) is 12.6. The van der Waals surface area contributed by atoms with E-state index in [1.165, 1.54) is 30.0 Å². The summed E-state index contributed by atoms with van der Waals surface area (Å²) in [5.41, 5.74) is -0.0314. The molecule has 6 aromatic rings. The summed E-state index contributed by atoms with van der Waals surface area (Å²) in [6.07, 6.45) is 7.03. The van der Waals surface area contributed by atoms with Crippen LogP contribution in [0.5, 0.6) is 34.5 Å². The summed E-state index contributed by atoms with van der Waals surface area (Å²) < 4.78 is 21.5. The van der Waals surface area contributed by atoms with Gasteiger partial charge in [-0.15, -0.1) is 0 Å². The van der Waals surface area contributed by atoms with E-state index in [-0.39, 0.29) is 41.4 Å². The van der Waals surface area contributed by atoms with Crippen LogP contribution in [0.4, 0.5) is 0 Å². The van der Waals surface area contributed by atoms with Crippen molar-refractivity contribution >= 4 is 29.7 Å². The van der Waals surface area contributed by atoms with E-state index in [0.29, 0.717) is 35.2 Å². The Morgan fingerprint density at radius 1 is 0.579 bits per heavy atom. The Kier molecular flexibility index (Phi) is 14.9. The first-order chi connectivity index (χ1) is 27.7. The number of carboxylic acids is 2. The Balaban J connectivity index is 0.000000799. The van der Waals surface area contributed by atoms with Crippen molar-refractivity contribution in [2.24, 2.45) is 0 Å². The maximum atomic E-state index is 12.7. The van der Waals surface area contributed by atoms with Crippen LogP contribution < -0.4 is 23.8 Å². The zero-order valence-corrected chi connectivity index (χ0v) is 30.8. The van der Waals surface area contributed by atoms with Gasteiger partial charge in [-0.1, -0.05) is 60.6 Å². The lowest BCUT2D eigenvalue weighted by Gasteiger charge is -2.12. The summed E-state index contributed by atoms with van der Waals surface area (Å²) in [5.74, 6) is -1.14. The van der Waals surface area contributed by atoms with Gasteiger partial charge in [-0.05, 0) is 109 Å². The summed E-state index contributed by atoms with van der Waals surface area (Å²) in [4.78, 5) is 48.6. The van der Waals surface area contributed by atoms with Gasteiger partial charge in [0, 0.05) is 9.79 Å². The molecule has 6 rings (SSSR count). The summed E-state index contributed by atoms with van der Waals surface area (Å²) in [5, 5.41) is 27.8. The number of esters is 1. The van der Waals surface area contributed by atoms with Crippen LogP contribution in [0.3, 0.4) is 0 Å². The molecule has 0 atom stereocenters. The molecule has 0 unspecified atom stereocenters. The third-order valence-corrected chi connectivity index (χ3v) is 8.53. The first-order valence-corrected chi connectivity index (χ1v) is 17.8. The molecule has 0 bridgehead atoms. The number of aromatic hydroxyl groups is 1. The third-order valence-electron chi connectivity index (χ3n) is 7.51. The monoisotopic (exact) mass is 786 g/mol. The predicted octanol–water partition coefficient (Wildman–Crippen LogP) is 8.78. The minimum atomic E-state index is -1.33. The lowest BCUT2D eigenvalue weighted by Crippen LogP contribution is -2.14. The Labute approximate surface area is 331 Å². The van der Waals surface area contributed by atoms with Crippen molar-refractivity contribution in [3.8, 4) is 47.0 Å². The molecule has 0 aliphatic carbocycles. The largest absolute Gasteiger partial charge is 0.508 e. The zero-order valence-electron chi connectivity index (χ0n) is 30.0. The first kappa shape index (κ1) is 40.8. The van der Waals surface area contributed by atoms with Crippen LogP contribution >= 0.6 is 11.8 Å². The summed E-state index contributed by atoms with van der Waals surface area (Å²) in [6, 6.07) is 40.2. The molecule has 57 heavy (non-hydrogen) atoms. The molecule has 0 saturated carbocycles. The number of aromatic carboxylic acids is 2. The standard InChI is InChI=1S/C38H28O11S.C6H6O/c1-2-44-29-14-19-33(35(23-29)37(41)42)38(43)48-27-10-15-31(16-11-27)50-32-17-12-28(13-18-32)49-47-24-25-8-9-30(22-34(25)36(39)40)46-21-20-45-26-6-4-3-5-7-26;7-6-4-2-1-3-5-6/h1,3-19,22-23H,20-21,24H2,(H,39,40)(H,41,42);1-5,7H. The molecule has 0 spiro atoms. The number of phenolic OH excluding ortho intramolecular Hbond substituents is 1. The second kappa shape index (κ2) is 20.9. The number of terminal acetylenes is 1. The van der Waals surface area contributed by atoms with Gasteiger partial charge < -0.3 is 39.2 Å². The van der Waals surface area contributed by atoms with Crippen LogP contribution in [-0.4, -0.2) is 46.4 Å². The van der Waals surface area contributed by atoms with Crippen molar-refractivity contribution in [2.45, 2.75) is 16.4 Å². The van der Waals surface area contributed by atoms with Gasteiger partial charge in [0.15, 0.2) is 5.75 Å². The highest BCUT2D eigenvalue weighted by atomic mass is 32.2. The molecule has 3 N–H and O–H groups in total. The van der Waals surface area contributed by atoms with Gasteiger partial charge in [-0.25, -0.2) is 14.4 Å². The number of carbonyl (C=O) groups excluding carboxylic acids is 1. The number of carbonyl (C=O) groups is 3. The Morgan fingerprint density at radius 2 is 1.12 bits per heavy atom. The predicted molar refractivity (Wildman–Crippen MR) is 209 cm³/mol. The molecule has 0 saturated heterocycles. The van der Waals surface area contributed by atoms with Crippen LogP contribution in [0.1, 0.15) is 36.6 Å². The number of carboxylic acid groups (broad SMARTS) is 2. The van der Waals surface area contributed by atoms with E-state index < -0.39 is 17.9 Å². The quantitative estimate of drug-likeness (QED) is 0.0213. The van der Waals surface area contributed by atoms with Gasteiger partial charge in [0.05, 0.1) is 16.7 Å². The normalized spacial score (nSPS) is 10.2. The number of hydrogen-bond donors (Lipinski definition) is 3. The second-order valence-electron chi connectivity index (χ2n) is 11.5. The van der Waals surface area contributed by atoms with Crippen molar-refractivity contribution in [1.82, 2.24) is 0 Å². The topological polar surface area (TPSA) is 167 Å². The number of rotatable bonds is 16. The van der Waals surface area contributed by atoms with E-state index in [1.807, 2.05) is 54.6 Å². The first-order valence-electron chi connectivity index (χ1n) is 17.0. The van der Waals surface area contributed by atoms with E-state index in [1.54, 1.807) is 72.8 Å². The Hall–Kier alpha value is -7.40. The maximum Gasteiger partial charge on any atom is 0.344 e. The third kappa shape index (κ3) is 12.9. The molecule has 0 heterocycles. The van der Waals surface area contributed by atoms with Crippen molar-refractivity contribution < 1.29 is 58.4 Å². The highest BCUT2D eigenvalue weighted by Crippen LogP contribution is 2.31. The van der Waals surface area contributed by atoms with Gasteiger partial charge in [0.2, 0.25) is 0 Å². The van der Waals surface area contributed by atoms with E-state index in [0.717, 1.165) is 15.9 Å². The van der Waals surface area contributed by atoms with Crippen molar-refractivity contribution in [3.63, 3.8) is 0 Å². The average molecular weight is 787 g/mol. The van der Waals surface area contributed by atoms with Crippen molar-refractivity contribution in [1.29, 1.82) is 0 Å². The summed E-state index contributed by atoms with van der Waals surface area (Å²) >= 11 is 1.44. The summed E-state index contributed by atoms with van der Waals surface area (Å²) in [6.45, 7) is 0.418. The lowest BCUT2D eigenvalue weighted by atomic mass is 10.1. The minimum Gasteiger partial charge on any atom is -0.508 e. The zero-order chi connectivity index (χ0) is 40.4. The minimum absolute atomic E-state index is 0.0254. The number of phenols is 1. The smallest absolute Gasteiger partial charge is 0.344 e. The molecule has 0 amide bonds. The Bertz CT molecular complexity index is 2290. The van der Waals surface area contributed by atoms with Crippen LogP contribution in [0.15, 0.2) is 155 Å². The highest BCUT2D eigenvalue weighted by molar-refractivity contribution is 7.99. The van der Waals surface area contributed by atoms with Crippen molar-refractivity contribution in [3.05, 3.63) is 168 Å². The molecule has 6 aromatic carbocycles. The van der Waals surface area contributed by atoms with Gasteiger partial charge in [-0.3, -0.25) is 0 Å². The fourth-order valence-electron chi connectivity index (χ4n) is 4.84. The molecule has 12 nitrogen and oxygen atoms in total. The van der Waals surface area contributed by atoms with Crippen LogP contribution in [0, 0.1) is 12.5 Å². The van der Waals surface area contributed by atoms with Crippen LogP contribution in [0.2, 0.25) is 0 Å². The molecule has 0 aromatic heterocycles. The van der Waals surface area contributed by atoms with E-state index in [4.69, 9.17) is 40.3 Å². The van der Waals surface area contributed by atoms with Gasteiger partial charge in [-0.2, -0.15) is 4.89 Å². The Morgan fingerprint density at radius 3 is 1.70 bits per heavy atom. The molecular formula is C44H34O12S. The highest BCUT2D eigenvalue weighted by Gasteiger charge is 2.20. The molecular weight excluding hydrogens is 753 g/mol. The number of hydrogen-bond acceptors (Lipinski definition) is 11. The molecule has 13 heteroatoms. The van der Waals surface area contributed by atoms with E-state index in [9.17, 15) is 24.6 Å². The van der Waals surface area contributed by atoms with E-state index >= 15 is 0 Å². The van der Waals surface area contributed by atoms with E-state index in [2.05, 4.69) is 0 Å². The molecule has 0 radical (unpaired) electrons.